The van der Waals surface area contributed by atoms with E-state index < -0.39 is 0 Å². The number of rotatable bonds is 4. The topological polar surface area (TPSA) is 50.5 Å². The fraction of sp³-hybridized carbons (Fsp3) is 0.320. The first kappa shape index (κ1) is 20.8. The lowest BCUT2D eigenvalue weighted by Crippen LogP contribution is -2.45. The van der Waals surface area contributed by atoms with Crippen LogP contribution in [0.15, 0.2) is 48.7 Å². The van der Waals surface area contributed by atoms with E-state index in [1.165, 1.54) is 6.07 Å². The van der Waals surface area contributed by atoms with E-state index in [1.807, 2.05) is 55.3 Å². The third-order valence-electron chi connectivity index (χ3n) is 6.23. The molecule has 1 atom stereocenters. The first-order chi connectivity index (χ1) is 15.5. The van der Waals surface area contributed by atoms with Crippen LogP contribution in [0, 0.1) is 19.7 Å². The Kier molecular flexibility index (Phi) is 5.51. The van der Waals surface area contributed by atoms with Gasteiger partial charge in [-0.15, -0.1) is 11.3 Å². The average Bonchev–Trinajstić information content (AvgIpc) is 3.36. The number of carbonyl (C=O) groups is 1. The van der Waals surface area contributed by atoms with Gasteiger partial charge in [0.15, 0.2) is 11.5 Å². The van der Waals surface area contributed by atoms with E-state index in [0.717, 1.165) is 46.1 Å². The summed E-state index contributed by atoms with van der Waals surface area (Å²) in [6.45, 7) is 4.60. The molecule has 0 bridgehead atoms. The highest BCUT2D eigenvalue weighted by atomic mass is 32.1. The van der Waals surface area contributed by atoms with Crippen LogP contribution in [0.3, 0.4) is 0 Å². The van der Waals surface area contributed by atoms with Crippen molar-refractivity contribution >= 4 is 22.9 Å². The number of fused-ring (bicyclic) bond motifs is 1. The van der Waals surface area contributed by atoms with Gasteiger partial charge in [0.2, 0.25) is 0 Å². The number of imidazole rings is 1. The Bertz CT molecular complexity index is 1280. The van der Waals surface area contributed by atoms with Gasteiger partial charge in [-0.05, 0) is 50.8 Å². The molecule has 1 amide bonds. The van der Waals surface area contributed by atoms with Crippen molar-refractivity contribution in [3.05, 3.63) is 76.6 Å². The number of carbonyl (C=O) groups excluding carboxylic acids is 1. The van der Waals surface area contributed by atoms with Gasteiger partial charge in [-0.25, -0.2) is 14.4 Å². The predicted octanol–water partition coefficient (Wildman–Crippen LogP) is 5.45. The highest BCUT2D eigenvalue weighted by Gasteiger charge is 2.32. The molecule has 0 spiro atoms. The molecular weight excluding hydrogens is 423 g/mol. The van der Waals surface area contributed by atoms with Crippen molar-refractivity contribution in [2.75, 3.05) is 6.54 Å². The Morgan fingerprint density at radius 1 is 1.12 bits per heavy atom. The molecule has 0 unspecified atom stereocenters. The number of halogens is 1. The van der Waals surface area contributed by atoms with Crippen molar-refractivity contribution in [3.8, 4) is 10.4 Å². The smallest absolute Gasteiger partial charge is 0.274 e. The molecule has 1 saturated heterocycles. The monoisotopic (exact) mass is 448 g/mol. The number of likely N-dealkylation sites (tertiary alicyclic amines) is 1. The van der Waals surface area contributed by atoms with Crippen LogP contribution in [0.5, 0.6) is 0 Å². The van der Waals surface area contributed by atoms with Gasteiger partial charge in [0.25, 0.3) is 5.91 Å². The number of benzene rings is 1. The first-order valence-electron chi connectivity index (χ1n) is 11.0. The fourth-order valence-corrected chi connectivity index (χ4v) is 5.51. The number of piperidine rings is 1. The number of aryl methyl sites for hydroxylation is 2. The third kappa shape index (κ3) is 3.71. The number of aromatic nitrogens is 3. The summed E-state index contributed by atoms with van der Waals surface area (Å²) in [5, 5.41) is 0.882. The van der Waals surface area contributed by atoms with Crippen molar-refractivity contribution in [3.63, 3.8) is 0 Å². The lowest BCUT2D eigenvalue weighted by molar-refractivity contribution is 0.0607. The number of hydrogen-bond donors (Lipinski definition) is 0. The molecule has 0 saturated carbocycles. The van der Waals surface area contributed by atoms with Gasteiger partial charge in [0.1, 0.15) is 5.69 Å². The van der Waals surface area contributed by atoms with E-state index >= 15 is 0 Å². The predicted molar refractivity (Wildman–Crippen MR) is 125 cm³/mol. The van der Waals surface area contributed by atoms with Gasteiger partial charge < -0.3 is 9.30 Å². The van der Waals surface area contributed by atoms with Gasteiger partial charge in [-0.1, -0.05) is 30.3 Å². The molecule has 1 aliphatic heterocycles. The zero-order valence-corrected chi connectivity index (χ0v) is 19.0. The first-order valence-corrected chi connectivity index (χ1v) is 11.8. The lowest BCUT2D eigenvalue weighted by Gasteiger charge is -2.35. The van der Waals surface area contributed by atoms with Crippen LogP contribution in [0.25, 0.3) is 16.1 Å². The maximum Gasteiger partial charge on any atom is 0.274 e. The molecule has 5 rings (SSSR count). The van der Waals surface area contributed by atoms with E-state index in [0.29, 0.717) is 24.3 Å². The normalized spacial score (nSPS) is 16.6. The van der Waals surface area contributed by atoms with E-state index in [2.05, 4.69) is 9.97 Å². The molecule has 32 heavy (non-hydrogen) atoms. The minimum Gasteiger partial charge on any atom is -0.334 e. The number of hydrogen-bond acceptors (Lipinski definition) is 4. The minimum atomic E-state index is -0.330. The van der Waals surface area contributed by atoms with Crippen molar-refractivity contribution in [1.29, 1.82) is 0 Å². The zero-order chi connectivity index (χ0) is 22.2. The van der Waals surface area contributed by atoms with Crippen LogP contribution in [-0.2, 0) is 6.42 Å². The lowest BCUT2D eigenvalue weighted by atomic mass is 9.96. The summed E-state index contributed by atoms with van der Waals surface area (Å²) in [5.74, 6) is -0.352. The fourth-order valence-electron chi connectivity index (χ4n) is 4.59. The van der Waals surface area contributed by atoms with Crippen molar-refractivity contribution in [2.45, 2.75) is 45.6 Å². The van der Waals surface area contributed by atoms with E-state index in [9.17, 15) is 9.18 Å². The maximum atomic E-state index is 14.2. The molecule has 1 aliphatic rings. The van der Waals surface area contributed by atoms with E-state index in [4.69, 9.17) is 0 Å². The molecule has 4 heterocycles. The molecule has 0 aliphatic carbocycles. The summed E-state index contributed by atoms with van der Waals surface area (Å²) in [7, 11) is 0. The molecule has 164 valence electrons. The highest BCUT2D eigenvalue weighted by Crippen LogP contribution is 2.33. The van der Waals surface area contributed by atoms with Crippen molar-refractivity contribution in [2.24, 2.45) is 0 Å². The highest BCUT2D eigenvalue weighted by molar-refractivity contribution is 7.15. The van der Waals surface area contributed by atoms with Gasteiger partial charge in [0.05, 0.1) is 15.6 Å². The largest absolute Gasteiger partial charge is 0.334 e. The third-order valence-corrected chi connectivity index (χ3v) is 7.25. The van der Waals surface area contributed by atoms with Crippen molar-refractivity contribution < 1.29 is 9.18 Å². The molecule has 5 nitrogen and oxygen atoms in total. The Morgan fingerprint density at radius 2 is 1.94 bits per heavy atom. The van der Waals surface area contributed by atoms with Gasteiger partial charge in [0, 0.05) is 30.9 Å². The van der Waals surface area contributed by atoms with E-state index in [1.54, 1.807) is 21.8 Å². The quantitative estimate of drug-likeness (QED) is 0.417. The number of thiazole rings is 1. The average molecular weight is 449 g/mol. The van der Waals surface area contributed by atoms with Crippen molar-refractivity contribution in [1.82, 2.24) is 19.3 Å². The Labute approximate surface area is 190 Å². The Morgan fingerprint density at radius 3 is 2.72 bits per heavy atom. The molecule has 1 fully saturated rings. The second kappa shape index (κ2) is 8.47. The van der Waals surface area contributed by atoms with Gasteiger partial charge in [-0.3, -0.25) is 4.79 Å². The van der Waals surface area contributed by atoms with Crippen LogP contribution in [-0.4, -0.2) is 37.8 Å². The SMILES string of the molecule is Cc1nc(C(=O)N2CCCC[C@H]2Cc2nc3c(F)cccn3c2C)c(-c2ccccc2)s1. The summed E-state index contributed by atoms with van der Waals surface area (Å²) in [6.07, 6.45) is 5.40. The maximum absolute atomic E-state index is 14.2. The number of amides is 1. The molecule has 0 radical (unpaired) electrons. The Balaban J connectivity index is 1.47. The second-order valence-electron chi connectivity index (χ2n) is 8.32. The summed E-state index contributed by atoms with van der Waals surface area (Å²) >= 11 is 1.56. The molecular formula is C25H25FN4OS. The van der Waals surface area contributed by atoms with Crippen LogP contribution < -0.4 is 0 Å². The van der Waals surface area contributed by atoms with Crippen LogP contribution >= 0.6 is 11.3 Å². The zero-order valence-electron chi connectivity index (χ0n) is 18.2. The van der Waals surface area contributed by atoms with Crippen LogP contribution in [0.2, 0.25) is 0 Å². The standard InChI is InChI=1S/C25H25FN4OS/c1-16-21(28-24-20(26)12-8-14-29(16)24)15-19-11-6-7-13-30(19)25(31)22-23(32-17(2)27-22)18-9-4-3-5-10-18/h3-5,8-10,12,14,19H,6-7,11,13,15H2,1-2H3/t19-/m0/s1. The number of pyridine rings is 1. The molecule has 3 aromatic heterocycles. The Hall–Kier alpha value is -3.06. The van der Waals surface area contributed by atoms with E-state index in [-0.39, 0.29) is 17.8 Å². The molecule has 7 heteroatoms. The summed E-state index contributed by atoms with van der Waals surface area (Å²) in [5.41, 5.74) is 3.66. The van der Waals surface area contributed by atoms with Crippen LogP contribution in [0.4, 0.5) is 4.39 Å². The molecule has 4 aromatic rings. The minimum absolute atomic E-state index is 0.0218. The molecule has 1 aromatic carbocycles. The number of nitrogens with zero attached hydrogens (tertiary/aromatic N) is 4. The van der Waals surface area contributed by atoms with Crippen LogP contribution in [0.1, 0.15) is 46.1 Å². The second-order valence-corrected chi connectivity index (χ2v) is 9.53. The van der Waals surface area contributed by atoms with Gasteiger partial charge in [-0.2, -0.15) is 0 Å². The summed E-state index contributed by atoms with van der Waals surface area (Å²) in [4.78, 5) is 25.8. The molecule has 0 N–H and O–H groups in total. The van der Waals surface area contributed by atoms with Gasteiger partial charge >= 0.3 is 0 Å². The summed E-state index contributed by atoms with van der Waals surface area (Å²) < 4.78 is 16.0. The summed E-state index contributed by atoms with van der Waals surface area (Å²) in [6, 6.07) is 13.1.